The Kier molecular flexibility index (Phi) is 4.90. The summed E-state index contributed by atoms with van der Waals surface area (Å²) in [6.07, 6.45) is 5.62. The average Bonchev–Trinajstić information content (AvgIpc) is 3.41. The molecular formula is C19H28N2O2. The first kappa shape index (κ1) is 16.3. The van der Waals surface area contributed by atoms with Crippen molar-refractivity contribution in [1.82, 2.24) is 9.80 Å². The van der Waals surface area contributed by atoms with Gasteiger partial charge in [-0.3, -0.25) is 4.79 Å². The molecule has 2 aliphatic carbocycles. The number of aromatic hydroxyl groups is 1. The lowest BCUT2D eigenvalue weighted by Crippen LogP contribution is -2.36. The molecule has 126 valence electrons. The van der Waals surface area contributed by atoms with E-state index in [1.54, 1.807) is 12.1 Å². The van der Waals surface area contributed by atoms with E-state index >= 15 is 0 Å². The van der Waals surface area contributed by atoms with Gasteiger partial charge in [-0.05, 0) is 62.3 Å². The van der Waals surface area contributed by atoms with Crippen molar-refractivity contribution in [2.24, 2.45) is 5.92 Å². The highest BCUT2D eigenvalue weighted by molar-refractivity contribution is 5.77. The van der Waals surface area contributed by atoms with Crippen LogP contribution in [0.4, 0.5) is 0 Å². The number of phenolic OH excluding ortho intramolecular Hbond substituents is 1. The minimum absolute atomic E-state index is 0.235. The van der Waals surface area contributed by atoms with Crippen molar-refractivity contribution in [2.45, 2.75) is 44.1 Å². The highest BCUT2D eigenvalue weighted by atomic mass is 16.3. The summed E-state index contributed by atoms with van der Waals surface area (Å²) >= 11 is 0. The lowest BCUT2D eigenvalue weighted by Gasteiger charge is -2.24. The molecule has 1 atom stereocenters. The summed E-state index contributed by atoms with van der Waals surface area (Å²) in [7, 11) is 4.07. The van der Waals surface area contributed by atoms with Crippen LogP contribution in [0.3, 0.4) is 0 Å². The van der Waals surface area contributed by atoms with Crippen LogP contribution in [0.1, 0.15) is 43.6 Å². The number of phenols is 1. The lowest BCUT2D eigenvalue weighted by molar-refractivity contribution is -0.130. The van der Waals surface area contributed by atoms with Crippen LogP contribution in [0.25, 0.3) is 0 Å². The number of amides is 1. The molecule has 1 N–H and O–H groups in total. The molecule has 2 fully saturated rings. The predicted molar refractivity (Wildman–Crippen MR) is 91.5 cm³/mol. The molecule has 0 unspecified atom stereocenters. The van der Waals surface area contributed by atoms with Gasteiger partial charge in [-0.25, -0.2) is 0 Å². The number of hydrogen-bond donors (Lipinski definition) is 1. The normalized spacial score (nSPS) is 18.9. The van der Waals surface area contributed by atoms with E-state index in [4.69, 9.17) is 0 Å². The van der Waals surface area contributed by atoms with Crippen LogP contribution >= 0.6 is 0 Å². The molecule has 2 saturated carbocycles. The van der Waals surface area contributed by atoms with Crippen molar-refractivity contribution in [3.05, 3.63) is 29.8 Å². The number of nitrogens with zero attached hydrogens (tertiary/aromatic N) is 2. The van der Waals surface area contributed by atoms with Crippen molar-refractivity contribution >= 4 is 5.91 Å². The summed E-state index contributed by atoms with van der Waals surface area (Å²) in [6, 6.07) is 8.13. The molecule has 0 radical (unpaired) electrons. The summed E-state index contributed by atoms with van der Waals surface area (Å²) in [5.41, 5.74) is 1.18. The fourth-order valence-corrected chi connectivity index (χ4v) is 3.25. The Morgan fingerprint density at radius 3 is 2.35 bits per heavy atom. The molecule has 1 amide bonds. The third kappa shape index (κ3) is 4.47. The zero-order chi connectivity index (χ0) is 16.4. The quantitative estimate of drug-likeness (QED) is 0.802. The first-order chi connectivity index (χ1) is 11.0. The highest BCUT2D eigenvalue weighted by Crippen LogP contribution is 2.44. The molecule has 0 bridgehead atoms. The molecule has 1 aromatic rings. The monoisotopic (exact) mass is 316 g/mol. The van der Waals surface area contributed by atoms with E-state index in [0.717, 1.165) is 19.1 Å². The first-order valence-corrected chi connectivity index (χ1v) is 8.77. The Morgan fingerprint density at radius 2 is 1.78 bits per heavy atom. The van der Waals surface area contributed by atoms with Crippen molar-refractivity contribution in [2.75, 3.05) is 27.2 Å². The number of benzene rings is 1. The maximum Gasteiger partial charge on any atom is 0.222 e. The lowest BCUT2D eigenvalue weighted by atomic mass is 9.90. The Hall–Kier alpha value is -1.55. The van der Waals surface area contributed by atoms with Crippen LogP contribution in [0.15, 0.2) is 24.3 Å². The van der Waals surface area contributed by atoms with Gasteiger partial charge in [0.25, 0.3) is 0 Å². The van der Waals surface area contributed by atoms with Gasteiger partial charge in [0.05, 0.1) is 0 Å². The number of carbonyl (C=O) groups excluding carboxylic acids is 1. The molecule has 0 aliphatic heterocycles. The van der Waals surface area contributed by atoms with Gasteiger partial charge in [-0.15, -0.1) is 0 Å². The molecule has 0 aromatic heterocycles. The number of rotatable bonds is 8. The Balaban J connectivity index is 1.54. The molecule has 23 heavy (non-hydrogen) atoms. The van der Waals surface area contributed by atoms with Crippen LogP contribution in [0.5, 0.6) is 5.75 Å². The number of hydrogen-bond acceptors (Lipinski definition) is 3. The summed E-state index contributed by atoms with van der Waals surface area (Å²) in [4.78, 5) is 16.8. The molecule has 1 aromatic carbocycles. The van der Waals surface area contributed by atoms with Crippen molar-refractivity contribution < 1.29 is 9.90 Å². The van der Waals surface area contributed by atoms with Gasteiger partial charge in [0.1, 0.15) is 5.75 Å². The average molecular weight is 316 g/mol. The zero-order valence-corrected chi connectivity index (χ0v) is 14.2. The van der Waals surface area contributed by atoms with Crippen LogP contribution < -0.4 is 0 Å². The van der Waals surface area contributed by atoms with Crippen LogP contribution in [-0.2, 0) is 4.79 Å². The van der Waals surface area contributed by atoms with Gasteiger partial charge in [0, 0.05) is 32.6 Å². The Labute approximate surface area is 139 Å². The summed E-state index contributed by atoms with van der Waals surface area (Å²) < 4.78 is 0. The van der Waals surface area contributed by atoms with E-state index in [2.05, 4.69) is 11.9 Å². The van der Waals surface area contributed by atoms with Crippen molar-refractivity contribution in [3.63, 3.8) is 0 Å². The van der Waals surface area contributed by atoms with E-state index < -0.39 is 0 Å². The maximum atomic E-state index is 12.6. The number of likely N-dealkylation sites (N-methyl/N-ethyl adjacent to an activating group) is 2. The van der Waals surface area contributed by atoms with Crippen LogP contribution in [0, 0.1) is 5.92 Å². The van der Waals surface area contributed by atoms with Gasteiger partial charge in [-0.1, -0.05) is 12.1 Å². The largest absolute Gasteiger partial charge is 0.508 e. The van der Waals surface area contributed by atoms with E-state index in [9.17, 15) is 9.90 Å². The molecule has 0 spiro atoms. The molecule has 3 rings (SSSR count). The smallest absolute Gasteiger partial charge is 0.222 e. The van der Waals surface area contributed by atoms with Gasteiger partial charge in [-0.2, -0.15) is 0 Å². The second kappa shape index (κ2) is 6.91. The molecule has 0 saturated heterocycles. The Bertz CT molecular complexity index is 535. The third-order valence-electron chi connectivity index (χ3n) is 5.29. The second-order valence-corrected chi connectivity index (χ2v) is 7.27. The first-order valence-electron chi connectivity index (χ1n) is 8.77. The van der Waals surface area contributed by atoms with Crippen molar-refractivity contribution in [3.8, 4) is 5.75 Å². The van der Waals surface area contributed by atoms with E-state index in [0.29, 0.717) is 18.3 Å². The fraction of sp³-hybridized carbons (Fsp3) is 0.632. The zero-order valence-electron chi connectivity index (χ0n) is 14.2. The predicted octanol–water partition coefficient (Wildman–Crippen LogP) is 2.83. The van der Waals surface area contributed by atoms with E-state index in [1.807, 2.05) is 24.1 Å². The fourth-order valence-electron chi connectivity index (χ4n) is 3.25. The maximum absolute atomic E-state index is 12.6. The van der Waals surface area contributed by atoms with Gasteiger partial charge >= 0.3 is 0 Å². The summed E-state index contributed by atoms with van der Waals surface area (Å²) in [6.45, 7) is 1.76. The molecule has 4 heteroatoms. The minimum Gasteiger partial charge on any atom is -0.508 e. The summed E-state index contributed by atoms with van der Waals surface area (Å²) in [5, 5.41) is 9.45. The molecular weight excluding hydrogens is 288 g/mol. The van der Waals surface area contributed by atoms with E-state index in [-0.39, 0.29) is 11.7 Å². The van der Waals surface area contributed by atoms with E-state index in [1.165, 1.54) is 31.2 Å². The third-order valence-corrected chi connectivity index (χ3v) is 5.29. The standard InChI is InChI=1S/C19H28N2O2/c1-20(16-7-8-16)11-12-21(2)19(23)13-18(14-3-4-14)15-5-9-17(22)10-6-15/h5-6,9-10,14,16,18,22H,3-4,7-8,11-13H2,1-2H3/t18-/m1/s1. The van der Waals surface area contributed by atoms with Crippen molar-refractivity contribution in [1.29, 1.82) is 0 Å². The van der Waals surface area contributed by atoms with Crippen LogP contribution in [0.2, 0.25) is 0 Å². The molecule has 2 aliphatic rings. The SMILES string of the molecule is CN(CCN(C)C1CC1)C(=O)C[C@@H](c1ccc(O)cc1)C1CC1. The van der Waals surface area contributed by atoms with Gasteiger partial charge in [0.15, 0.2) is 0 Å². The van der Waals surface area contributed by atoms with Gasteiger partial charge in [0.2, 0.25) is 5.91 Å². The highest BCUT2D eigenvalue weighted by Gasteiger charge is 2.34. The van der Waals surface area contributed by atoms with Gasteiger partial charge < -0.3 is 14.9 Å². The minimum atomic E-state index is 0.235. The topological polar surface area (TPSA) is 43.8 Å². The Morgan fingerprint density at radius 1 is 1.13 bits per heavy atom. The number of carbonyl (C=O) groups is 1. The van der Waals surface area contributed by atoms with Crippen LogP contribution in [-0.4, -0.2) is 54.0 Å². The molecule has 0 heterocycles. The summed E-state index contributed by atoms with van der Waals surface area (Å²) in [5.74, 6) is 1.45. The second-order valence-electron chi connectivity index (χ2n) is 7.27. The molecule has 4 nitrogen and oxygen atoms in total.